The molecule has 0 saturated carbocycles. The Morgan fingerprint density at radius 2 is 2.11 bits per heavy atom. The Labute approximate surface area is 165 Å². The summed E-state index contributed by atoms with van der Waals surface area (Å²) in [5, 5.41) is 3.33. The van der Waals surface area contributed by atoms with Gasteiger partial charge >= 0.3 is 0 Å². The lowest BCUT2D eigenvalue weighted by Gasteiger charge is -2.33. The van der Waals surface area contributed by atoms with E-state index in [0.29, 0.717) is 12.0 Å². The molecule has 1 aliphatic carbocycles. The van der Waals surface area contributed by atoms with Crippen LogP contribution in [0.15, 0.2) is 47.5 Å². The highest BCUT2D eigenvalue weighted by Crippen LogP contribution is 2.34. The number of nitrogens with zero attached hydrogens (tertiary/aromatic N) is 2. The lowest BCUT2D eigenvalue weighted by atomic mass is 9.97. The molecule has 3 aliphatic rings. The van der Waals surface area contributed by atoms with Crippen molar-refractivity contribution in [2.45, 2.75) is 57.9 Å². The molecule has 0 spiro atoms. The van der Waals surface area contributed by atoms with Crippen molar-refractivity contribution < 1.29 is 9.47 Å². The van der Waals surface area contributed by atoms with Crippen molar-refractivity contribution in [3.05, 3.63) is 58.2 Å². The van der Waals surface area contributed by atoms with Crippen LogP contribution in [0.25, 0.3) is 5.76 Å². The highest BCUT2D eigenvalue weighted by Gasteiger charge is 2.25. The summed E-state index contributed by atoms with van der Waals surface area (Å²) in [7, 11) is 0. The molecule has 0 radical (unpaired) electrons. The predicted octanol–water partition coefficient (Wildman–Crippen LogP) is 5.58. The van der Waals surface area contributed by atoms with Gasteiger partial charge in [-0.25, -0.2) is 4.98 Å². The molecule has 0 aromatic carbocycles. The Kier molecular flexibility index (Phi) is 5.79. The zero-order valence-corrected chi connectivity index (χ0v) is 17.0. The first-order valence-corrected chi connectivity index (χ1v) is 10.8. The number of thiazole rings is 1. The number of hydrogen-bond acceptors (Lipinski definition) is 5. The molecule has 4 nitrogen and oxygen atoms in total. The van der Waals surface area contributed by atoms with Gasteiger partial charge < -0.3 is 14.4 Å². The van der Waals surface area contributed by atoms with E-state index in [9.17, 15) is 0 Å². The third-order valence-electron chi connectivity index (χ3n) is 5.50. The van der Waals surface area contributed by atoms with Crippen LogP contribution in [0, 0.1) is 0 Å². The predicted molar refractivity (Wildman–Crippen MR) is 110 cm³/mol. The van der Waals surface area contributed by atoms with Gasteiger partial charge in [0.15, 0.2) is 5.76 Å². The number of piperidine rings is 1. The van der Waals surface area contributed by atoms with Crippen LogP contribution in [-0.4, -0.2) is 29.0 Å². The molecule has 4 rings (SSSR count). The molecule has 0 atom stereocenters. The van der Waals surface area contributed by atoms with Crippen LogP contribution in [0.1, 0.15) is 62.6 Å². The van der Waals surface area contributed by atoms with E-state index in [2.05, 4.69) is 42.4 Å². The van der Waals surface area contributed by atoms with Crippen molar-refractivity contribution >= 4 is 17.1 Å². The van der Waals surface area contributed by atoms with E-state index in [-0.39, 0.29) is 0 Å². The van der Waals surface area contributed by atoms with Crippen molar-refractivity contribution in [3.63, 3.8) is 0 Å². The summed E-state index contributed by atoms with van der Waals surface area (Å²) in [6, 6.07) is 0.635. The highest BCUT2D eigenvalue weighted by molar-refractivity contribution is 7.09. The van der Waals surface area contributed by atoms with Gasteiger partial charge in [-0.3, -0.25) is 0 Å². The first-order chi connectivity index (χ1) is 13.2. The second-order valence-corrected chi connectivity index (χ2v) is 8.64. The fourth-order valence-electron chi connectivity index (χ4n) is 3.83. The van der Waals surface area contributed by atoms with E-state index in [1.165, 1.54) is 23.4 Å². The quantitative estimate of drug-likeness (QED) is 0.663. The molecular weight excluding hydrogens is 356 g/mol. The van der Waals surface area contributed by atoms with E-state index < -0.39 is 0 Å². The number of hydrogen-bond donors (Lipinski definition) is 0. The van der Waals surface area contributed by atoms with Crippen LogP contribution in [0.3, 0.4) is 0 Å². The average molecular weight is 385 g/mol. The summed E-state index contributed by atoms with van der Waals surface area (Å²) in [4.78, 5) is 7.44. The lowest BCUT2D eigenvalue weighted by molar-refractivity contribution is 0.171. The molecular formula is C22H28N2O2S. The fraction of sp³-hybridized carbons (Fsp3) is 0.500. The number of likely N-dealkylation sites (tertiary alicyclic amines) is 1. The molecule has 144 valence electrons. The van der Waals surface area contributed by atoms with Gasteiger partial charge in [-0.15, -0.1) is 11.3 Å². The molecule has 1 fully saturated rings. The van der Waals surface area contributed by atoms with E-state index in [1.54, 1.807) is 23.9 Å². The number of aromatic nitrogens is 1. The molecule has 3 heterocycles. The van der Waals surface area contributed by atoms with E-state index in [1.807, 2.05) is 0 Å². The number of ether oxygens (including phenoxy) is 2. The molecule has 1 aromatic rings. The normalized spacial score (nSPS) is 21.4. The maximum absolute atomic E-state index is 6.09. The Balaban J connectivity index is 1.36. The maximum atomic E-state index is 6.09. The van der Waals surface area contributed by atoms with Gasteiger partial charge in [-0.05, 0) is 52.6 Å². The minimum atomic E-state index is 0.568. The van der Waals surface area contributed by atoms with Gasteiger partial charge in [0, 0.05) is 23.8 Å². The minimum absolute atomic E-state index is 0.568. The number of allylic oxidation sites excluding steroid dienone is 4. The first-order valence-electron chi connectivity index (χ1n) is 9.96. The fourth-order valence-corrected chi connectivity index (χ4v) is 4.81. The van der Waals surface area contributed by atoms with Crippen LogP contribution in [-0.2, 0) is 9.47 Å². The van der Waals surface area contributed by atoms with E-state index >= 15 is 0 Å². The molecule has 0 amide bonds. The topological polar surface area (TPSA) is 34.6 Å². The van der Waals surface area contributed by atoms with Gasteiger partial charge in [-0.1, -0.05) is 23.8 Å². The van der Waals surface area contributed by atoms with Crippen LogP contribution in [0.2, 0.25) is 0 Å². The van der Waals surface area contributed by atoms with E-state index in [4.69, 9.17) is 14.5 Å². The third kappa shape index (κ3) is 4.53. The van der Waals surface area contributed by atoms with Gasteiger partial charge in [-0.2, -0.15) is 0 Å². The monoisotopic (exact) mass is 384 g/mol. The van der Waals surface area contributed by atoms with Gasteiger partial charge in [0.2, 0.25) is 0 Å². The van der Waals surface area contributed by atoms with Crippen LogP contribution in [0.5, 0.6) is 0 Å². The molecule has 5 heteroatoms. The smallest absolute Gasteiger partial charge is 0.188 e. The summed E-state index contributed by atoms with van der Waals surface area (Å²) in [5.41, 5.74) is 2.27. The summed E-state index contributed by atoms with van der Waals surface area (Å²) < 4.78 is 11.6. The van der Waals surface area contributed by atoms with Crippen molar-refractivity contribution in [3.8, 4) is 0 Å². The zero-order chi connectivity index (χ0) is 18.6. The Hall–Kier alpha value is -1.85. The summed E-state index contributed by atoms with van der Waals surface area (Å²) in [6.07, 6.45) is 15.2. The number of rotatable bonds is 5. The van der Waals surface area contributed by atoms with Gasteiger partial charge in [0.05, 0.1) is 5.01 Å². The van der Waals surface area contributed by atoms with Crippen molar-refractivity contribution in [2.75, 3.05) is 13.1 Å². The van der Waals surface area contributed by atoms with Crippen LogP contribution >= 0.6 is 11.3 Å². The summed E-state index contributed by atoms with van der Waals surface area (Å²) in [5.74, 6) is 2.15. The molecule has 0 N–H and O–H groups in total. The average Bonchev–Trinajstić information content (AvgIpc) is 3.19. The van der Waals surface area contributed by atoms with Crippen molar-refractivity contribution in [1.29, 1.82) is 0 Å². The van der Waals surface area contributed by atoms with E-state index in [0.717, 1.165) is 49.6 Å². The second-order valence-electron chi connectivity index (χ2n) is 7.75. The Bertz CT molecular complexity index is 780. The molecule has 1 aromatic heterocycles. The molecule has 27 heavy (non-hydrogen) atoms. The lowest BCUT2D eigenvalue weighted by Crippen LogP contribution is -2.37. The molecule has 1 saturated heterocycles. The standard InChI is InChI=1S/C22H28N2O2S/c1-16(2)24-10-8-18(9-11-24)22-23-20(15-27-22)21-14-25-13-19(26-21)12-17-6-4-3-5-7-17/h3-4,6,13-16,18H,5,7-12H2,1-2H3. The SMILES string of the molecule is CC(C)N1CCC(c2nc(C3=COC=C(CC4=CC=CCC4)O3)cs2)CC1. The Morgan fingerprint density at radius 3 is 2.85 bits per heavy atom. The van der Waals surface area contributed by atoms with Crippen LogP contribution < -0.4 is 0 Å². The summed E-state index contributed by atoms with van der Waals surface area (Å²) in [6.45, 7) is 6.88. The van der Waals surface area contributed by atoms with Crippen molar-refractivity contribution in [1.82, 2.24) is 9.88 Å². The highest BCUT2D eigenvalue weighted by atomic mass is 32.1. The van der Waals surface area contributed by atoms with Crippen LogP contribution in [0.4, 0.5) is 0 Å². The zero-order valence-electron chi connectivity index (χ0n) is 16.2. The summed E-state index contributed by atoms with van der Waals surface area (Å²) >= 11 is 1.75. The maximum Gasteiger partial charge on any atom is 0.188 e. The molecule has 0 bridgehead atoms. The Morgan fingerprint density at radius 1 is 1.26 bits per heavy atom. The minimum Gasteiger partial charge on any atom is -0.465 e. The molecule has 0 unspecified atom stereocenters. The largest absolute Gasteiger partial charge is 0.465 e. The molecule has 2 aliphatic heterocycles. The first kappa shape index (κ1) is 18.5. The van der Waals surface area contributed by atoms with Crippen molar-refractivity contribution in [2.24, 2.45) is 0 Å². The van der Waals surface area contributed by atoms with Gasteiger partial charge in [0.25, 0.3) is 0 Å². The van der Waals surface area contributed by atoms with Gasteiger partial charge in [0.1, 0.15) is 24.0 Å². The third-order valence-corrected chi connectivity index (χ3v) is 6.51. The second kappa shape index (κ2) is 8.44.